The van der Waals surface area contributed by atoms with Gasteiger partial charge in [0.25, 0.3) is 5.56 Å². The quantitative estimate of drug-likeness (QED) is 0.858. The van der Waals surface area contributed by atoms with Gasteiger partial charge in [-0.05, 0) is 31.0 Å². The molecule has 8 heteroatoms. The predicted octanol–water partition coefficient (Wildman–Crippen LogP) is 3.04. The summed E-state index contributed by atoms with van der Waals surface area (Å²) in [5.74, 6) is 2.13. The van der Waals surface area contributed by atoms with E-state index in [-0.39, 0.29) is 35.3 Å². The molecule has 2 aliphatic rings. The van der Waals surface area contributed by atoms with E-state index in [1.807, 2.05) is 25.1 Å². The third-order valence-electron chi connectivity index (χ3n) is 4.71. The lowest BCUT2D eigenvalue weighted by molar-refractivity contribution is -0.113. The van der Waals surface area contributed by atoms with Gasteiger partial charge >= 0.3 is 0 Å². The summed E-state index contributed by atoms with van der Waals surface area (Å²) in [4.78, 5) is 25.0. The Hall–Kier alpha value is -2.35. The number of rotatable bonds is 4. The highest BCUT2D eigenvalue weighted by molar-refractivity contribution is 8.00. The van der Waals surface area contributed by atoms with E-state index >= 15 is 0 Å². The van der Waals surface area contributed by atoms with Crippen LogP contribution >= 0.6 is 11.8 Å². The number of anilines is 1. The Morgan fingerprint density at radius 3 is 2.92 bits per heavy atom. The minimum atomic E-state index is -0.253. The minimum absolute atomic E-state index is 0.0947. The van der Waals surface area contributed by atoms with Gasteiger partial charge in [-0.25, -0.2) is 0 Å². The highest BCUT2D eigenvalue weighted by Crippen LogP contribution is 2.43. The van der Waals surface area contributed by atoms with Crippen LogP contribution in [0, 0.1) is 0 Å². The van der Waals surface area contributed by atoms with E-state index in [0.29, 0.717) is 22.9 Å². The summed E-state index contributed by atoms with van der Waals surface area (Å²) < 4.78 is 12.6. The lowest BCUT2D eigenvalue weighted by Gasteiger charge is -2.17. The van der Waals surface area contributed by atoms with Crippen molar-refractivity contribution in [3.63, 3.8) is 0 Å². The van der Waals surface area contributed by atoms with Crippen LogP contribution < -0.4 is 20.3 Å². The van der Waals surface area contributed by atoms with Crippen molar-refractivity contribution in [2.24, 2.45) is 0 Å². The Labute approximate surface area is 155 Å². The number of thioether (sulfide) groups is 1. The molecule has 0 spiro atoms. The van der Waals surface area contributed by atoms with E-state index in [2.05, 4.69) is 17.3 Å². The van der Waals surface area contributed by atoms with Crippen molar-refractivity contribution in [2.45, 2.75) is 38.0 Å². The van der Waals surface area contributed by atoms with E-state index < -0.39 is 0 Å². The summed E-state index contributed by atoms with van der Waals surface area (Å²) in [5, 5.41) is 5.58. The van der Waals surface area contributed by atoms with Gasteiger partial charge in [0.2, 0.25) is 12.7 Å². The lowest BCUT2D eigenvalue weighted by Crippen LogP contribution is -2.18. The van der Waals surface area contributed by atoms with Crippen LogP contribution in [0.4, 0.5) is 5.82 Å². The van der Waals surface area contributed by atoms with Crippen molar-refractivity contribution >= 4 is 23.5 Å². The molecule has 2 atom stereocenters. The van der Waals surface area contributed by atoms with Crippen molar-refractivity contribution in [1.82, 2.24) is 9.78 Å². The SMILES string of the molecule is CCC[C@H](C)n1[nH]c(=O)c2c1NC(=O)CS[C@@H]2c1ccc2c(c1)OCO2. The van der Waals surface area contributed by atoms with Crippen molar-refractivity contribution in [3.8, 4) is 11.5 Å². The van der Waals surface area contributed by atoms with E-state index in [1.54, 1.807) is 4.68 Å². The number of H-pyrrole nitrogens is 1. The molecule has 3 heterocycles. The summed E-state index contributed by atoms with van der Waals surface area (Å²) in [7, 11) is 0. The van der Waals surface area contributed by atoms with Crippen LogP contribution in [-0.4, -0.2) is 28.2 Å². The highest BCUT2D eigenvalue weighted by atomic mass is 32.2. The number of benzene rings is 1. The van der Waals surface area contributed by atoms with Crippen molar-refractivity contribution in [1.29, 1.82) is 0 Å². The Morgan fingerprint density at radius 2 is 2.12 bits per heavy atom. The van der Waals surface area contributed by atoms with Crippen LogP contribution in [0.25, 0.3) is 0 Å². The molecule has 0 unspecified atom stereocenters. The van der Waals surface area contributed by atoms with Gasteiger partial charge in [0.05, 0.1) is 16.6 Å². The van der Waals surface area contributed by atoms with Gasteiger partial charge in [0.1, 0.15) is 5.82 Å². The largest absolute Gasteiger partial charge is 0.454 e. The Bertz CT molecular complexity index is 904. The molecule has 7 nitrogen and oxygen atoms in total. The number of aromatic amines is 1. The van der Waals surface area contributed by atoms with Gasteiger partial charge in [0.15, 0.2) is 11.5 Å². The van der Waals surface area contributed by atoms with Crippen LogP contribution in [0.5, 0.6) is 11.5 Å². The second-order valence-corrected chi connectivity index (χ2v) is 7.66. The van der Waals surface area contributed by atoms with Crippen LogP contribution in [0.2, 0.25) is 0 Å². The van der Waals surface area contributed by atoms with Crippen LogP contribution in [0.1, 0.15) is 49.1 Å². The van der Waals surface area contributed by atoms with Gasteiger partial charge < -0.3 is 14.8 Å². The van der Waals surface area contributed by atoms with E-state index in [0.717, 1.165) is 18.4 Å². The Balaban J connectivity index is 1.81. The number of ether oxygens (including phenoxy) is 2. The molecule has 138 valence electrons. The van der Waals surface area contributed by atoms with Gasteiger partial charge in [0, 0.05) is 6.04 Å². The van der Waals surface area contributed by atoms with E-state index in [4.69, 9.17) is 9.47 Å². The lowest BCUT2D eigenvalue weighted by atomic mass is 10.1. The molecular weight excluding hydrogens is 354 g/mol. The smallest absolute Gasteiger partial charge is 0.270 e. The minimum Gasteiger partial charge on any atom is -0.454 e. The zero-order valence-corrected chi connectivity index (χ0v) is 15.5. The molecule has 2 N–H and O–H groups in total. The first kappa shape index (κ1) is 17.1. The first-order chi connectivity index (χ1) is 12.6. The fraction of sp³-hybridized carbons (Fsp3) is 0.444. The summed E-state index contributed by atoms with van der Waals surface area (Å²) in [6.45, 7) is 4.34. The zero-order valence-electron chi connectivity index (χ0n) is 14.7. The second kappa shape index (κ2) is 6.75. The molecule has 0 fully saturated rings. The maximum atomic E-state index is 12.8. The number of nitrogens with one attached hydrogen (secondary N) is 2. The van der Waals surface area contributed by atoms with E-state index in [1.165, 1.54) is 11.8 Å². The summed E-state index contributed by atoms with van der Waals surface area (Å²) in [5.41, 5.74) is 1.34. The molecule has 1 aromatic heterocycles. The first-order valence-corrected chi connectivity index (χ1v) is 9.78. The fourth-order valence-electron chi connectivity index (χ4n) is 3.46. The van der Waals surface area contributed by atoms with Crippen LogP contribution in [0.3, 0.4) is 0 Å². The van der Waals surface area contributed by atoms with Crippen molar-refractivity contribution in [2.75, 3.05) is 17.9 Å². The van der Waals surface area contributed by atoms with Gasteiger partial charge in [-0.1, -0.05) is 19.4 Å². The molecule has 1 aromatic carbocycles. The maximum absolute atomic E-state index is 12.8. The zero-order chi connectivity index (χ0) is 18.3. The Morgan fingerprint density at radius 1 is 1.31 bits per heavy atom. The second-order valence-electron chi connectivity index (χ2n) is 6.56. The highest BCUT2D eigenvalue weighted by Gasteiger charge is 2.32. The average Bonchev–Trinajstić information content (AvgIpc) is 3.16. The third kappa shape index (κ3) is 2.88. The monoisotopic (exact) mass is 375 g/mol. The standard InChI is InChI=1S/C18H21N3O4S/c1-3-4-10(2)21-17-15(18(23)20-21)16(26-8-14(22)19-17)11-5-6-12-13(7-11)25-9-24-12/h5-7,10,16H,3-4,8-9H2,1-2H3,(H,19,22)(H,20,23)/t10-,16+/m0/s1. The Kier molecular flexibility index (Phi) is 4.44. The number of carbonyl (C=O) groups excluding carboxylic acids is 1. The van der Waals surface area contributed by atoms with Crippen LogP contribution in [-0.2, 0) is 4.79 Å². The van der Waals surface area contributed by atoms with E-state index in [9.17, 15) is 9.59 Å². The molecule has 2 aliphatic heterocycles. The number of hydrogen-bond acceptors (Lipinski definition) is 5. The number of carbonyl (C=O) groups is 1. The number of hydrogen-bond donors (Lipinski definition) is 2. The molecule has 0 aliphatic carbocycles. The molecule has 0 saturated heterocycles. The molecule has 4 rings (SSSR count). The number of aromatic nitrogens is 2. The summed E-state index contributed by atoms with van der Waals surface area (Å²) >= 11 is 1.44. The van der Waals surface area contributed by atoms with Gasteiger partial charge in [-0.15, -0.1) is 11.8 Å². The molecule has 1 amide bonds. The molecule has 0 saturated carbocycles. The molecule has 26 heavy (non-hydrogen) atoms. The summed E-state index contributed by atoms with van der Waals surface area (Å²) in [6, 6.07) is 5.77. The van der Waals surface area contributed by atoms with Gasteiger partial charge in [-0.3, -0.25) is 19.4 Å². The normalized spacial score (nSPS) is 19.6. The first-order valence-electron chi connectivity index (χ1n) is 8.74. The average molecular weight is 375 g/mol. The fourth-order valence-corrected chi connectivity index (χ4v) is 4.58. The van der Waals surface area contributed by atoms with Crippen LogP contribution in [0.15, 0.2) is 23.0 Å². The molecule has 0 bridgehead atoms. The number of nitrogens with zero attached hydrogens (tertiary/aromatic N) is 1. The van der Waals surface area contributed by atoms with Gasteiger partial charge in [-0.2, -0.15) is 0 Å². The topological polar surface area (TPSA) is 85.4 Å². The third-order valence-corrected chi connectivity index (χ3v) is 5.98. The number of fused-ring (bicyclic) bond motifs is 2. The molecule has 0 radical (unpaired) electrons. The van der Waals surface area contributed by atoms with Crippen molar-refractivity contribution in [3.05, 3.63) is 39.7 Å². The van der Waals surface area contributed by atoms with Crippen molar-refractivity contribution < 1.29 is 14.3 Å². The predicted molar refractivity (Wildman–Crippen MR) is 100 cm³/mol. The summed E-state index contributed by atoms with van der Waals surface area (Å²) in [6.07, 6.45) is 1.90. The molecular formula is C18H21N3O4S. The molecule has 2 aromatic rings. The number of amides is 1. The maximum Gasteiger partial charge on any atom is 0.270 e.